The first-order chi connectivity index (χ1) is 9.99. The van der Waals surface area contributed by atoms with Gasteiger partial charge in [0.1, 0.15) is 6.61 Å². The van der Waals surface area contributed by atoms with Crippen LogP contribution in [-0.4, -0.2) is 49.1 Å². The Hall–Kier alpha value is -2.32. The molecule has 0 unspecified atom stereocenters. The van der Waals surface area contributed by atoms with Crippen molar-refractivity contribution in [2.75, 3.05) is 27.2 Å². The summed E-state index contributed by atoms with van der Waals surface area (Å²) in [5.74, 6) is 5.18. The Bertz CT molecular complexity index is 585. The second-order valence-corrected chi connectivity index (χ2v) is 4.64. The molecule has 0 heterocycles. The SMILES string of the molecule is CNC(=O)CCN(C)C(=O)c1ccc(C#CCO)c(C)c1. The lowest BCUT2D eigenvalue weighted by Crippen LogP contribution is -2.31. The van der Waals surface area contributed by atoms with Gasteiger partial charge in [-0.2, -0.15) is 0 Å². The molecule has 21 heavy (non-hydrogen) atoms. The van der Waals surface area contributed by atoms with Gasteiger partial charge in [0, 0.05) is 38.2 Å². The fraction of sp³-hybridized carbons (Fsp3) is 0.375. The summed E-state index contributed by atoms with van der Waals surface area (Å²) in [4.78, 5) is 24.9. The van der Waals surface area contributed by atoms with E-state index in [1.165, 1.54) is 4.90 Å². The van der Waals surface area contributed by atoms with Gasteiger partial charge in [-0.3, -0.25) is 9.59 Å². The van der Waals surface area contributed by atoms with Gasteiger partial charge in [-0.1, -0.05) is 11.8 Å². The van der Waals surface area contributed by atoms with E-state index in [0.29, 0.717) is 12.1 Å². The van der Waals surface area contributed by atoms with Crippen LogP contribution in [-0.2, 0) is 4.79 Å². The molecule has 0 fully saturated rings. The molecule has 0 radical (unpaired) electrons. The van der Waals surface area contributed by atoms with Crippen molar-refractivity contribution in [3.8, 4) is 11.8 Å². The van der Waals surface area contributed by atoms with Crippen molar-refractivity contribution >= 4 is 11.8 Å². The highest BCUT2D eigenvalue weighted by molar-refractivity contribution is 5.94. The normalized spacial score (nSPS) is 9.52. The molecule has 5 heteroatoms. The predicted octanol–water partition coefficient (Wildman–Crippen LogP) is 0.547. The summed E-state index contributed by atoms with van der Waals surface area (Å²) in [6.07, 6.45) is 0.276. The number of aliphatic hydroxyl groups is 1. The summed E-state index contributed by atoms with van der Waals surface area (Å²) in [5.41, 5.74) is 2.22. The zero-order valence-electron chi connectivity index (χ0n) is 12.6. The number of benzene rings is 1. The molecule has 5 nitrogen and oxygen atoms in total. The lowest BCUT2D eigenvalue weighted by molar-refractivity contribution is -0.120. The molecule has 112 valence electrons. The number of carbonyl (C=O) groups excluding carboxylic acids is 2. The molecule has 2 N–H and O–H groups in total. The first-order valence-corrected chi connectivity index (χ1v) is 6.66. The van der Waals surface area contributed by atoms with Gasteiger partial charge < -0.3 is 15.3 Å². The van der Waals surface area contributed by atoms with Gasteiger partial charge in [-0.25, -0.2) is 0 Å². The smallest absolute Gasteiger partial charge is 0.253 e. The van der Waals surface area contributed by atoms with Crippen LogP contribution < -0.4 is 5.32 Å². The van der Waals surface area contributed by atoms with Crippen molar-refractivity contribution in [2.24, 2.45) is 0 Å². The molecular weight excluding hydrogens is 268 g/mol. The average Bonchev–Trinajstić information content (AvgIpc) is 2.50. The Kier molecular flexibility index (Phi) is 6.44. The number of hydrogen-bond acceptors (Lipinski definition) is 3. The molecule has 1 aromatic rings. The molecule has 1 rings (SSSR count). The fourth-order valence-corrected chi connectivity index (χ4v) is 1.79. The van der Waals surface area contributed by atoms with Gasteiger partial charge >= 0.3 is 0 Å². The Morgan fingerprint density at radius 1 is 1.38 bits per heavy atom. The minimum Gasteiger partial charge on any atom is -0.384 e. The molecule has 0 bridgehead atoms. The first-order valence-electron chi connectivity index (χ1n) is 6.66. The number of aryl methyl sites for hydroxylation is 1. The lowest BCUT2D eigenvalue weighted by atomic mass is 10.0. The van der Waals surface area contributed by atoms with Crippen LogP contribution in [0.4, 0.5) is 0 Å². The van der Waals surface area contributed by atoms with Crippen LogP contribution in [0, 0.1) is 18.8 Å². The maximum atomic E-state index is 12.2. The second-order valence-electron chi connectivity index (χ2n) is 4.64. The van der Waals surface area contributed by atoms with Gasteiger partial charge in [0.25, 0.3) is 5.91 Å². The summed E-state index contributed by atoms with van der Waals surface area (Å²) in [5, 5.41) is 11.2. The molecule has 0 aromatic heterocycles. The lowest BCUT2D eigenvalue weighted by Gasteiger charge is -2.17. The van der Waals surface area contributed by atoms with E-state index < -0.39 is 0 Å². The number of rotatable bonds is 4. The van der Waals surface area contributed by atoms with Gasteiger partial charge in [0.15, 0.2) is 0 Å². The van der Waals surface area contributed by atoms with Crippen molar-refractivity contribution in [2.45, 2.75) is 13.3 Å². The topological polar surface area (TPSA) is 69.6 Å². The van der Waals surface area contributed by atoms with Gasteiger partial charge in [0.2, 0.25) is 5.91 Å². The number of nitrogens with zero attached hydrogens (tertiary/aromatic N) is 1. The van der Waals surface area contributed by atoms with Crippen molar-refractivity contribution in [3.63, 3.8) is 0 Å². The number of aliphatic hydroxyl groups excluding tert-OH is 1. The molecule has 1 aromatic carbocycles. The van der Waals surface area contributed by atoms with E-state index in [-0.39, 0.29) is 24.8 Å². The van der Waals surface area contributed by atoms with Crippen molar-refractivity contribution in [3.05, 3.63) is 34.9 Å². The van der Waals surface area contributed by atoms with Crippen molar-refractivity contribution < 1.29 is 14.7 Å². The molecule has 0 saturated carbocycles. The van der Waals surface area contributed by atoms with E-state index in [4.69, 9.17) is 5.11 Å². The van der Waals surface area contributed by atoms with Crippen LogP contribution in [0.1, 0.15) is 27.9 Å². The third kappa shape index (κ3) is 4.93. The summed E-state index contributed by atoms with van der Waals surface area (Å²) in [6.45, 7) is 2.04. The van der Waals surface area contributed by atoms with Crippen molar-refractivity contribution in [1.29, 1.82) is 0 Å². The van der Waals surface area contributed by atoms with E-state index >= 15 is 0 Å². The van der Waals surface area contributed by atoms with E-state index in [2.05, 4.69) is 17.2 Å². The Balaban J connectivity index is 2.78. The third-order valence-electron chi connectivity index (χ3n) is 3.08. The maximum absolute atomic E-state index is 12.2. The fourth-order valence-electron chi connectivity index (χ4n) is 1.79. The number of amides is 2. The van der Waals surface area contributed by atoms with Crippen LogP contribution in [0.2, 0.25) is 0 Å². The van der Waals surface area contributed by atoms with Crippen LogP contribution in [0.15, 0.2) is 18.2 Å². The Morgan fingerprint density at radius 2 is 2.10 bits per heavy atom. The van der Waals surface area contributed by atoms with Crippen LogP contribution in [0.25, 0.3) is 0 Å². The molecular formula is C16H20N2O3. The minimum atomic E-state index is -0.192. The second kappa shape index (κ2) is 8.08. The van der Waals surface area contributed by atoms with Crippen molar-refractivity contribution in [1.82, 2.24) is 10.2 Å². The number of hydrogen-bond donors (Lipinski definition) is 2. The number of nitrogens with one attached hydrogen (secondary N) is 1. The highest BCUT2D eigenvalue weighted by atomic mass is 16.2. The van der Waals surface area contributed by atoms with Gasteiger partial charge in [-0.05, 0) is 30.7 Å². The average molecular weight is 288 g/mol. The zero-order valence-corrected chi connectivity index (χ0v) is 12.6. The molecule has 0 aliphatic heterocycles. The van der Waals surface area contributed by atoms with E-state index in [9.17, 15) is 9.59 Å². The Morgan fingerprint density at radius 3 is 2.67 bits per heavy atom. The van der Waals surface area contributed by atoms with Gasteiger partial charge in [-0.15, -0.1) is 0 Å². The van der Waals surface area contributed by atoms with E-state index in [1.807, 2.05) is 6.92 Å². The molecule has 0 aliphatic carbocycles. The summed E-state index contributed by atoms with van der Waals surface area (Å²) in [7, 11) is 3.24. The molecule has 2 amide bonds. The monoisotopic (exact) mass is 288 g/mol. The molecule has 0 atom stereocenters. The number of carbonyl (C=O) groups is 2. The quantitative estimate of drug-likeness (QED) is 0.795. The van der Waals surface area contributed by atoms with E-state index in [0.717, 1.165) is 11.1 Å². The summed E-state index contributed by atoms with van der Waals surface area (Å²) in [6, 6.07) is 5.23. The minimum absolute atomic E-state index is 0.0968. The summed E-state index contributed by atoms with van der Waals surface area (Å²) >= 11 is 0. The van der Waals surface area contributed by atoms with Crippen LogP contribution in [0.5, 0.6) is 0 Å². The Labute approximate surface area is 125 Å². The standard InChI is InChI=1S/C16H20N2O3/c1-12-11-14(7-6-13(12)5-4-10-19)16(21)18(3)9-8-15(20)17-2/h6-7,11,19H,8-10H2,1-3H3,(H,17,20). The highest BCUT2D eigenvalue weighted by Gasteiger charge is 2.13. The first kappa shape index (κ1) is 16.7. The maximum Gasteiger partial charge on any atom is 0.253 e. The van der Waals surface area contributed by atoms with Gasteiger partial charge in [0.05, 0.1) is 0 Å². The largest absolute Gasteiger partial charge is 0.384 e. The molecule has 0 aliphatic rings. The van der Waals surface area contributed by atoms with E-state index in [1.54, 1.807) is 32.3 Å². The summed E-state index contributed by atoms with van der Waals surface area (Å²) < 4.78 is 0. The predicted molar refractivity (Wildman–Crippen MR) is 80.8 cm³/mol. The third-order valence-corrected chi connectivity index (χ3v) is 3.08. The highest BCUT2D eigenvalue weighted by Crippen LogP contribution is 2.12. The zero-order chi connectivity index (χ0) is 15.8. The molecule has 0 spiro atoms. The van der Waals surface area contributed by atoms with Crippen LogP contribution >= 0.6 is 0 Å². The van der Waals surface area contributed by atoms with Crippen LogP contribution in [0.3, 0.4) is 0 Å². The molecule has 0 saturated heterocycles.